The number of hydrogen-bond donors (Lipinski definition) is 1. The summed E-state index contributed by atoms with van der Waals surface area (Å²) in [5.41, 5.74) is 4.67. The minimum Gasteiger partial charge on any atom is -0.381 e. The van der Waals surface area contributed by atoms with Gasteiger partial charge in [-0.25, -0.2) is 9.67 Å². The van der Waals surface area contributed by atoms with Crippen LogP contribution in [-0.4, -0.2) is 41.1 Å². The predicted molar refractivity (Wildman–Crippen MR) is 98.2 cm³/mol. The van der Waals surface area contributed by atoms with Crippen molar-refractivity contribution in [2.75, 3.05) is 36.5 Å². The summed E-state index contributed by atoms with van der Waals surface area (Å²) in [6, 6.07) is 16.8. The van der Waals surface area contributed by atoms with Crippen molar-refractivity contribution in [2.24, 2.45) is 0 Å². The van der Waals surface area contributed by atoms with Crippen molar-refractivity contribution in [2.45, 2.75) is 6.54 Å². The zero-order chi connectivity index (χ0) is 16.9. The molecule has 3 aromatic rings. The van der Waals surface area contributed by atoms with E-state index >= 15 is 0 Å². The van der Waals surface area contributed by atoms with Gasteiger partial charge in [0.25, 0.3) is 0 Å². The zero-order valence-corrected chi connectivity index (χ0v) is 14.0. The fourth-order valence-electron chi connectivity index (χ4n) is 3.04. The quantitative estimate of drug-likeness (QED) is 0.777. The van der Waals surface area contributed by atoms with Crippen LogP contribution in [0.1, 0.15) is 5.56 Å². The third kappa shape index (κ3) is 3.64. The normalized spacial score (nSPS) is 14.5. The Hall–Kier alpha value is -2.86. The van der Waals surface area contributed by atoms with E-state index in [-0.39, 0.29) is 0 Å². The summed E-state index contributed by atoms with van der Waals surface area (Å²) in [7, 11) is 0. The number of nitrogens with zero attached hydrogens (tertiary/aromatic N) is 4. The summed E-state index contributed by atoms with van der Waals surface area (Å²) < 4.78 is 7.21. The summed E-state index contributed by atoms with van der Waals surface area (Å²) in [4.78, 5) is 6.37. The fraction of sp³-hybridized carbons (Fsp3) is 0.263. The van der Waals surface area contributed by atoms with Crippen molar-refractivity contribution in [3.63, 3.8) is 0 Å². The second-order valence-electron chi connectivity index (χ2n) is 5.97. The van der Waals surface area contributed by atoms with E-state index in [0.29, 0.717) is 0 Å². The first-order valence-electron chi connectivity index (χ1n) is 8.50. The second-order valence-corrected chi connectivity index (χ2v) is 5.97. The van der Waals surface area contributed by atoms with E-state index in [4.69, 9.17) is 4.74 Å². The number of nitrogens with one attached hydrogen (secondary N) is 1. The number of para-hydroxylation sites is 1. The minimum absolute atomic E-state index is 0.788. The maximum absolute atomic E-state index is 5.46. The maximum atomic E-state index is 5.46. The molecule has 0 saturated carbocycles. The molecular formula is C19H21N5O. The van der Waals surface area contributed by atoms with Crippen molar-refractivity contribution >= 4 is 11.4 Å². The summed E-state index contributed by atoms with van der Waals surface area (Å²) in [5, 5.41) is 7.65. The van der Waals surface area contributed by atoms with Crippen LogP contribution in [0.25, 0.3) is 5.69 Å². The molecule has 1 N–H and O–H groups in total. The molecule has 0 unspecified atom stereocenters. The number of hydrogen-bond acceptors (Lipinski definition) is 5. The Kier molecular flexibility index (Phi) is 4.61. The lowest BCUT2D eigenvalue weighted by Gasteiger charge is -2.30. The van der Waals surface area contributed by atoms with Crippen LogP contribution < -0.4 is 10.2 Å². The molecule has 1 fully saturated rings. The Morgan fingerprint density at radius 1 is 1.00 bits per heavy atom. The molecule has 0 amide bonds. The molecule has 4 rings (SSSR count). The van der Waals surface area contributed by atoms with E-state index in [1.165, 1.54) is 17.6 Å². The fourth-order valence-corrected chi connectivity index (χ4v) is 3.04. The molecule has 1 saturated heterocycles. The first kappa shape index (κ1) is 15.7. The van der Waals surface area contributed by atoms with E-state index in [1.807, 2.05) is 12.1 Å². The smallest absolute Gasteiger partial charge is 0.138 e. The summed E-state index contributed by atoms with van der Waals surface area (Å²) in [5.74, 6) is 0. The summed E-state index contributed by atoms with van der Waals surface area (Å²) in [6.45, 7) is 4.28. The third-order valence-corrected chi connectivity index (χ3v) is 4.38. The Labute approximate surface area is 147 Å². The summed E-state index contributed by atoms with van der Waals surface area (Å²) >= 11 is 0. The molecule has 2 heterocycles. The predicted octanol–water partition coefficient (Wildman–Crippen LogP) is 2.72. The van der Waals surface area contributed by atoms with E-state index in [0.717, 1.165) is 44.2 Å². The molecule has 2 aromatic carbocycles. The minimum atomic E-state index is 0.788. The molecule has 6 nitrogen and oxygen atoms in total. The van der Waals surface area contributed by atoms with Gasteiger partial charge in [0.1, 0.15) is 12.7 Å². The molecule has 0 bridgehead atoms. The molecule has 6 heteroatoms. The Bertz CT molecular complexity index is 795. The van der Waals surface area contributed by atoms with Gasteiger partial charge in [-0.2, -0.15) is 5.10 Å². The molecule has 1 aliphatic rings. The van der Waals surface area contributed by atoms with Gasteiger partial charge in [0.05, 0.1) is 18.9 Å². The lowest BCUT2D eigenvalue weighted by atomic mass is 10.1. The van der Waals surface area contributed by atoms with E-state index in [9.17, 15) is 0 Å². The van der Waals surface area contributed by atoms with Gasteiger partial charge in [0.2, 0.25) is 0 Å². The van der Waals surface area contributed by atoms with Crippen molar-refractivity contribution in [1.29, 1.82) is 0 Å². The monoisotopic (exact) mass is 335 g/mol. The first-order valence-corrected chi connectivity index (χ1v) is 8.50. The van der Waals surface area contributed by atoms with Gasteiger partial charge in [-0.15, -0.1) is 0 Å². The molecule has 25 heavy (non-hydrogen) atoms. The van der Waals surface area contributed by atoms with Crippen LogP contribution in [0.3, 0.4) is 0 Å². The van der Waals surface area contributed by atoms with Crippen LogP contribution in [0.2, 0.25) is 0 Å². The highest BCUT2D eigenvalue weighted by Gasteiger charge is 2.14. The maximum Gasteiger partial charge on any atom is 0.138 e. The molecule has 0 aliphatic carbocycles. The van der Waals surface area contributed by atoms with Crippen LogP contribution in [-0.2, 0) is 11.3 Å². The van der Waals surface area contributed by atoms with Crippen LogP contribution >= 0.6 is 0 Å². The Morgan fingerprint density at radius 3 is 2.56 bits per heavy atom. The number of ether oxygens (including phenoxy) is 1. The number of benzene rings is 2. The molecular weight excluding hydrogens is 314 g/mol. The highest BCUT2D eigenvalue weighted by molar-refractivity contribution is 5.56. The molecule has 1 aromatic heterocycles. The topological polar surface area (TPSA) is 55.2 Å². The number of anilines is 2. The lowest BCUT2D eigenvalue weighted by Crippen LogP contribution is -2.36. The van der Waals surface area contributed by atoms with Gasteiger partial charge in [-0.1, -0.05) is 18.2 Å². The van der Waals surface area contributed by atoms with Crippen molar-refractivity contribution in [3.05, 3.63) is 66.7 Å². The third-order valence-electron chi connectivity index (χ3n) is 4.38. The molecule has 1 aliphatic heterocycles. The highest BCUT2D eigenvalue weighted by Crippen LogP contribution is 2.23. The number of morpholine rings is 1. The van der Waals surface area contributed by atoms with Gasteiger partial charge in [-0.3, -0.25) is 0 Å². The Morgan fingerprint density at radius 2 is 1.80 bits per heavy atom. The molecule has 0 radical (unpaired) electrons. The average molecular weight is 335 g/mol. The van der Waals surface area contributed by atoms with Crippen LogP contribution in [0.4, 0.5) is 11.4 Å². The van der Waals surface area contributed by atoms with Crippen molar-refractivity contribution in [1.82, 2.24) is 14.8 Å². The van der Waals surface area contributed by atoms with E-state index in [2.05, 4.69) is 56.7 Å². The number of rotatable bonds is 5. The standard InChI is InChI=1S/C19H21N5O/c1-2-4-19(23-9-11-25-12-10-23)16(3-1)13-21-17-5-7-18(8-6-17)24-15-20-14-22-24/h1-8,14-15,21H,9-13H2. The summed E-state index contributed by atoms with van der Waals surface area (Å²) in [6.07, 6.45) is 3.23. The number of aromatic nitrogens is 3. The van der Waals surface area contributed by atoms with Crippen LogP contribution in [0.5, 0.6) is 0 Å². The van der Waals surface area contributed by atoms with Crippen molar-refractivity contribution < 1.29 is 4.74 Å². The van der Waals surface area contributed by atoms with Gasteiger partial charge < -0.3 is 15.0 Å². The van der Waals surface area contributed by atoms with Crippen LogP contribution in [0, 0.1) is 0 Å². The zero-order valence-electron chi connectivity index (χ0n) is 14.0. The second kappa shape index (κ2) is 7.36. The average Bonchev–Trinajstić information content (AvgIpc) is 3.22. The Balaban J connectivity index is 1.44. The van der Waals surface area contributed by atoms with Gasteiger partial charge in [0.15, 0.2) is 0 Å². The molecule has 0 spiro atoms. The molecule has 128 valence electrons. The SMILES string of the molecule is c1ccc(N2CCOCC2)c(CNc2ccc(-n3cncn3)cc2)c1. The van der Waals surface area contributed by atoms with Crippen LogP contribution in [0.15, 0.2) is 61.2 Å². The highest BCUT2D eigenvalue weighted by atomic mass is 16.5. The van der Waals surface area contributed by atoms with Crippen molar-refractivity contribution in [3.8, 4) is 5.69 Å². The largest absolute Gasteiger partial charge is 0.381 e. The van der Waals surface area contributed by atoms with Gasteiger partial charge in [0, 0.05) is 31.0 Å². The van der Waals surface area contributed by atoms with Gasteiger partial charge >= 0.3 is 0 Å². The lowest BCUT2D eigenvalue weighted by molar-refractivity contribution is 0.122. The van der Waals surface area contributed by atoms with Gasteiger partial charge in [-0.05, 0) is 35.9 Å². The van der Waals surface area contributed by atoms with E-state index in [1.54, 1.807) is 11.0 Å². The first-order chi connectivity index (χ1) is 12.4. The van der Waals surface area contributed by atoms with E-state index < -0.39 is 0 Å². The molecule has 0 atom stereocenters.